The van der Waals surface area contributed by atoms with Gasteiger partial charge in [-0.2, -0.15) is 0 Å². The Morgan fingerprint density at radius 2 is 0.703 bits per heavy atom. The van der Waals surface area contributed by atoms with Crippen molar-refractivity contribution in [3.63, 3.8) is 0 Å². The summed E-state index contributed by atoms with van der Waals surface area (Å²) in [5.74, 6) is -1.08. The van der Waals surface area contributed by atoms with Gasteiger partial charge in [-0.3, -0.25) is 19.2 Å². The zero-order chi connectivity index (χ0) is 28.1. The van der Waals surface area contributed by atoms with E-state index < -0.39 is 0 Å². The molecule has 0 N–H and O–H groups in total. The van der Waals surface area contributed by atoms with E-state index >= 15 is 0 Å². The van der Waals surface area contributed by atoms with Gasteiger partial charge in [-0.25, -0.2) is 0 Å². The third-order valence-corrected chi connectivity index (χ3v) is 6.11. The van der Waals surface area contributed by atoms with Crippen LogP contribution in [0.25, 0.3) is 0 Å². The predicted molar refractivity (Wildman–Crippen MR) is 139 cm³/mol. The number of methoxy groups -OCH3 is 4. The van der Waals surface area contributed by atoms with Crippen LogP contribution in [0.1, 0.15) is 32.1 Å². The number of hydrogen-bond donors (Lipinski definition) is 0. The number of hydrogen-bond acceptors (Lipinski definition) is 12. The fraction of sp³-hybridized carbons (Fsp3) is 0.840. The molecule has 0 amide bonds. The van der Waals surface area contributed by atoms with Gasteiger partial charge in [0.05, 0.1) is 54.1 Å². The summed E-state index contributed by atoms with van der Waals surface area (Å²) in [6, 6.07) is 0. The second kappa shape index (κ2) is 21.8. The number of esters is 4. The quantitative estimate of drug-likeness (QED) is 0.139. The third kappa shape index (κ3) is 19.5. The molecule has 12 nitrogen and oxygen atoms in total. The van der Waals surface area contributed by atoms with Crippen LogP contribution in [0.3, 0.4) is 0 Å². The van der Waals surface area contributed by atoms with E-state index in [1.165, 1.54) is 28.4 Å². The zero-order valence-electron chi connectivity index (χ0n) is 23.7. The molecule has 0 aromatic rings. The van der Waals surface area contributed by atoms with Gasteiger partial charge in [0.2, 0.25) is 0 Å². The third-order valence-electron chi connectivity index (χ3n) is 6.11. The van der Waals surface area contributed by atoms with E-state index in [0.717, 1.165) is 45.7 Å². The summed E-state index contributed by atoms with van der Waals surface area (Å²) in [7, 11) is 9.59. The molecule has 12 heteroatoms. The number of ether oxygens (including phenoxy) is 4. The lowest BCUT2D eigenvalue weighted by molar-refractivity contribution is -0.142. The van der Waals surface area contributed by atoms with Crippen molar-refractivity contribution in [1.82, 2.24) is 19.6 Å². The molecule has 0 aliphatic heterocycles. The van der Waals surface area contributed by atoms with Crippen molar-refractivity contribution in [1.29, 1.82) is 0 Å². The minimum atomic E-state index is -0.270. The van der Waals surface area contributed by atoms with Crippen LogP contribution >= 0.6 is 0 Å². The number of carbonyl (C=O) groups is 4. The van der Waals surface area contributed by atoms with Crippen LogP contribution in [-0.2, 0) is 38.1 Å². The molecule has 0 spiro atoms. The summed E-state index contributed by atoms with van der Waals surface area (Å²) in [5, 5.41) is 0. The Morgan fingerprint density at radius 3 is 0.946 bits per heavy atom. The van der Waals surface area contributed by atoms with Gasteiger partial charge < -0.3 is 38.5 Å². The van der Waals surface area contributed by atoms with Gasteiger partial charge in [0, 0.05) is 52.4 Å². The average molecular weight is 533 g/mol. The van der Waals surface area contributed by atoms with E-state index in [9.17, 15) is 19.2 Å². The Hall–Kier alpha value is -2.28. The number of nitrogens with zero attached hydrogens (tertiary/aromatic N) is 4. The molecule has 37 heavy (non-hydrogen) atoms. The first-order chi connectivity index (χ1) is 17.6. The van der Waals surface area contributed by atoms with Crippen molar-refractivity contribution in [3.8, 4) is 0 Å². The normalized spacial score (nSPS) is 11.3. The van der Waals surface area contributed by atoms with E-state index in [1.807, 2.05) is 0 Å². The van der Waals surface area contributed by atoms with Crippen LogP contribution in [0.2, 0.25) is 0 Å². The van der Waals surface area contributed by atoms with Crippen LogP contribution in [0.15, 0.2) is 0 Å². The average Bonchev–Trinajstić information content (AvgIpc) is 2.90. The van der Waals surface area contributed by atoms with Gasteiger partial charge in [-0.1, -0.05) is 0 Å². The Morgan fingerprint density at radius 1 is 0.432 bits per heavy atom. The molecular formula is C25H48N4O8. The van der Waals surface area contributed by atoms with Crippen LogP contribution in [0.5, 0.6) is 0 Å². The molecule has 0 aromatic heterocycles. The molecule has 0 fully saturated rings. The molecular weight excluding hydrogens is 484 g/mol. The first-order valence-electron chi connectivity index (χ1n) is 12.7. The SMILES string of the molecule is COC(=O)CCN(CCC(=O)OC)CCN(C)CCCN(C)CCN(CCC(=O)OC)CCC(=O)OC. The fourth-order valence-electron chi connectivity index (χ4n) is 3.54. The fourth-order valence-corrected chi connectivity index (χ4v) is 3.54. The number of likely N-dealkylation sites (N-methyl/N-ethyl adjacent to an activating group) is 2. The first-order valence-corrected chi connectivity index (χ1v) is 12.7. The summed E-state index contributed by atoms with van der Waals surface area (Å²) in [5.41, 5.74) is 0. The van der Waals surface area contributed by atoms with Crippen LogP contribution in [0.4, 0.5) is 0 Å². The maximum Gasteiger partial charge on any atom is 0.306 e. The smallest absolute Gasteiger partial charge is 0.306 e. The molecule has 0 radical (unpaired) electrons. The van der Waals surface area contributed by atoms with E-state index in [4.69, 9.17) is 18.9 Å². The zero-order valence-corrected chi connectivity index (χ0v) is 23.7. The highest BCUT2D eigenvalue weighted by Crippen LogP contribution is 2.01. The van der Waals surface area contributed by atoms with Crippen molar-refractivity contribution >= 4 is 23.9 Å². The van der Waals surface area contributed by atoms with E-state index in [1.54, 1.807) is 0 Å². The molecule has 0 saturated heterocycles. The molecule has 0 atom stereocenters. The van der Waals surface area contributed by atoms with E-state index in [-0.39, 0.29) is 49.6 Å². The Kier molecular flexibility index (Phi) is 20.4. The number of rotatable bonds is 22. The van der Waals surface area contributed by atoms with Gasteiger partial charge in [0.1, 0.15) is 0 Å². The lowest BCUT2D eigenvalue weighted by atomic mass is 10.3. The maximum absolute atomic E-state index is 11.5. The highest BCUT2D eigenvalue weighted by atomic mass is 16.5. The van der Waals surface area contributed by atoms with Crippen molar-refractivity contribution < 1.29 is 38.1 Å². The largest absolute Gasteiger partial charge is 0.469 e. The van der Waals surface area contributed by atoms with Gasteiger partial charge in [-0.15, -0.1) is 0 Å². The van der Waals surface area contributed by atoms with E-state index in [0.29, 0.717) is 26.2 Å². The Labute approximate surface area is 222 Å². The maximum atomic E-state index is 11.5. The molecule has 0 saturated carbocycles. The molecule has 0 heterocycles. The highest BCUT2D eigenvalue weighted by molar-refractivity contribution is 5.70. The molecule has 0 aliphatic carbocycles. The number of carbonyl (C=O) groups excluding carboxylic acids is 4. The second-order valence-corrected chi connectivity index (χ2v) is 8.95. The summed E-state index contributed by atoms with van der Waals surface area (Å²) >= 11 is 0. The Balaban J connectivity index is 4.42. The highest BCUT2D eigenvalue weighted by Gasteiger charge is 2.14. The minimum absolute atomic E-state index is 0.270. The lowest BCUT2D eigenvalue weighted by Crippen LogP contribution is -2.38. The second-order valence-electron chi connectivity index (χ2n) is 8.95. The summed E-state index contributed by atoms with van der Waals surface area (Å²) in [6.45, 7) is 7.01. The van der Waals surface area contributed by atoms with Crippen molar-refractivity contribution in [2.75, 3.05) is 108 Å². The summed E-state index contributed by atoms with van der Waals surface area (Å²) in [6.07, 6.45) is 2.09. The van der Waals surface area contributed by atoms with Gasteiger partial charge in [0.25, 0.3) is 0 Å². The van der Waals surface area contributed by atoms with Gasteiger partial charge in [-0.05, 0) is 33.6 Å². The molecule has 0 unspecified atom stereocenters. The summed E-state index contributed by atoms with van der Waals surface area (Å²) in [4.78, 5) is 54.7. The van der Waals surface area contributed by atoms with Crippen molar-refractivity contribution in [2.24, 2.45) is 0 Å². The first kappa shape index (κ1) is 34.7. The van der Waals surface area contributed by atoms with Crippen LogP contribution in [-0.4, -0.2) is 151 Å². The standard InChI is InChI=1S/C25H48N4O8/c1-26(18-20-28(14-8-22(30)34-3)15-9-23(31)35-4)12-7-13-27(2)19-21-29(16-10-24(32)36-5)17-11-25(33)37-6/h7-21H2,1-6H3. The van der Waals surface area contributed by atoms with Crippen LogP contribution < -0.4 is 0 Å². The molecule has 0 aliphatic rings. The van der Waals surface area contributed by atoms with Gasteiger partial charge in [0.15, 0.2) is 0 Å². The molecule has 0 rings (SSSR count). The molecule has 216 valence electrons. The lowest BCUT2D eigenvalue weighted by Gasteiger charge is -2.26. The van der Waals surface area contributed by atoms with Crippen molar-refractivity contribution in [2.45, 2.75) is 32.1 Å². The van der Waals surface area contributed by atoms with E-state index in [2.05, 4.69) is 33.7 Å². The van der Waals surface area contributed by atoms with Crippen LogP contribution in [0, 0.1) is 0 Å². The van der Waals surface area contributed by atoms with Crippen molar-refractivity contribution in [3.05, 3.63) is 0 Å². The summed E-state index contributed by atoms with van der Waals surface area (Å²) < 4.78 is 18.9. The predicted octanol–water partition coefficient (Wildman–Crippen LogP) is 0.0965. The monoisotopic (exact) mass is 532 g/mol. The minimum Gasteiger partial charge on any atom is -0.469 e. The molecule has 0 aromatic carbocycles. The Bertz CT molecular complexity index is 571. The topological polar surface area (TPSA) is 118 Å². The van der Waals surface area contributed by atoms with Gasteiger partial charge >= 0.3 is 23.9 Å². The molecule has 0 bridgehead atoms.